The Bertz CT molecular complexity index is 563. The average Bonchev–Trinajstić information content (AvgIpc) is 2.37. The van der Waals surface area contributed by atoms with Gasteiger partial charge in [-0.2, -0.15) is 8.42 Å². The van der Waals surface area contributed by atoms with Crippen molar-refractivity contribution in [2.75, 3.05) is 13.2 Å². The Morgan fingerprint density at radius 2 is 1.85 bits per heavy atom. The third-order valence-corrected chi connectivity index (χ3v) is 3.77. The summed E-state index contributed by atoms with van der Waals surface area (Å²) in [6.45, 7) is 3.31. The summed E-state index contributed by atoms with van der Waals surface area (Å²) in [7, 11) is -4.11. The summed E-state index contributed by atoms with van der Waals surface area (Å²) in [6, 6.07) is 5.89. The lowest BCUT2D eigenvalue weighted by Gasteiger charge is -2.17. The predicted molar refractivity (Wildman–Crippen MR) is 70.5 cm³/mol. The van der Waals surface area contributed by atoms with Crippen molar-refractivity contribution in [3.8, 4) is 0 Å². The number of benzene rings is 1. The predicted octanol–water partition coefficient (Wildman–Crippen LogP) is 1.99. The van der Waals surface area contributed by atoms with Crippen molar-refractivity contribution >= 4 is 16.1 Å². The number of carbonyl (C=O) groups is 1. The van der Waals surface area contributed by atoms with Gasteiger partial charge < -0.3 is 4.74 Å². The number of alkyl halides is 1. The van der Waals surface area contributed by atoms with Crippen molar-refractivity contribution in [3.63, 3.8) is 0 Å². The average molecular weight is 304 g/mol. The fourth-order valence-electron chi connectivity index (χ4n) is 1.30. The van der Waals surface area contributed by atoms with Gasteiger partial charge >= 0.3 is 5.97 Å². The number of aryl methyl sites for hydroxylation is 1. The molecule has 1 aromatic carbocycles. The van der Waals surface area contributed by atoms with Crippen LogP contribution < -0.4 is 0 Å². The van der Waals surface area contributed by atoms with E-state index < -0.39 is 28.4 Å². The van der Waals surface area contributed by atoms with Gasteiger partial charge in [0.15, 0.2) is 0 Å². The maximum Gasteiger partial charge on any atom is 0.346 e. The molecule has 0 heterocycles. The van der Waals surface area contributed by atoms with E-state index in [-0.39, 0.29) is 11.5 Å². The SMILES string of the molecule is CCOC(=O)[C@@](C)(F)COS(=O)(=O)c1ccc(C)cc1. The lowest BCUT2D eigenvalue weighted by Crippen LogP contribution is -2.38. The van der Waals surface area contributed by atoms with E-state index >= 15 is 0 Å². The number of hydrogen-bond donors (Lipinski definition) is 0. The number of hydrogen-bond acceptors (Lipinski definition) is 5. The van der Waals surface area contributed by atoms with Crippen molar-refractivity contribution < 1.29 is 26.5 Å². The smallest absolute Gasteiger partial charge is 0.346 e. The maximum atomic E-state index is 13.9. The lowest BCUT2D eigenvalue weighted by atomic mass is 10.1. The highest BCUT2D eigenvalue weighted by Gasteiger charge is 2.37. The van der Waals surface area contributed by atoms with E-state index in [9.17, 15) is 17.6 Å². The summed E-state index contributed by atoms with van der Waals surface area (Å²) in [6.07, 6.45) is 0. The zero-order valence-electron chi connectivity index (χ0n) is 11.6. The van der Waals surface area contributed by atoms with E-state index in [1.807, 2.05) is 0 Å². The first kappa shape index (κ1) is 16.6. The summed E-state index contributed by atoms with van der Waals surface area (Å²) >= 11 is 0. The molecule has 1 atom stereocenters. The molecule has 20 heavy (non-hydrogen) atoms. The Balaban J connectivity index is 2.77. The van der Waals surface area contributed by atoms with Crippen molar-refractivity contribution in [3.05, 3.63) is 29.8 Å². The van der Waals surface area contributed by atoms with Crippen LogP contribution in [0.15, 0.2) is 29.2 Å². The Hall–Kier alpha value is -1.47. The molecular weight excluding hydrogens is 287 g/mol. The number of carbonyl (C=O) groups excluding carboxylic acids is 1. The Kier molecular flexibility index (Phi) is 5.24. The molecule has 0 fully saturated rings. The molecule has 112 valence electrons. The molecule has 0 radical (unpaired) electrons. The van der Waals surface area contributed by atoms with Crippen LogP contribution in [0.3, 0.4) is 0 Å². The number of ether oxygens (including phenoxy) is 1. The molecule has 1 rings (SSSR count). The third kappa shape index (κ3) is 4.28. The van der Waals surface area contributed by atoms with Crippen molar-refractivity contribution in [1.82, 2.24) is 0 Å². The quantitative estimate of drug-likeness (QED) is 0.594. The highest BCUT2D eigenvalue weighted by atomic mass is 32.2. The molecule has 0 amide bonds. The van der Waals surface area contributed by atoms with Gasteiger partial charge in [-0.15, -0.1) is 0 Å². The van der Waals surface area contributed by atoms with E-state index in [0.29, 0.717) is 0 Å². The first-order chi connectivity index (χ1) is 9.19. The fraction of sp³-hybridized carbons (Fsp3) is 0.462. The highest BCUT2D eigenvalue weighted by Crippen LogP contribution is 2.18. The summed E-state index contributed by atoms with van der Waals surface area (Å²) in [5.41, 5.74) is -1.64. The lowest BCUT2D eigenvalue weighted by molar-refractivity contribution is -0.157. The van der Waals surface area contributed by atoms with Gasteiger partial charge in [0.1, 0.15) is 6.61 Å². The Morgan fingerprint density at radius 3 is 2.35 bits per heavy atom. The summed E-state index contributed by atoms with van der Waals surface area (Å²) in [5.74, 6) is -1.15. The standard InChI is InChI=1S/C13H17FO5S/c1-4-18-12(15)13(3,14)9-19-20(16,17)11-7-5-10(2)6-8-11/h5-8H,4,9H2,1-3H3/t13-/m0/s1. The molecule has 0 unspecified atom stereocenters. The van der Waals surface area contributed by atoms with Crippen LogP contribution in [0, 0.1) is 6.92 Å². The van der Waals surface area contributed by atoms with Crippen LogP contribution in [0.1, 0.15) is 19.4 Å². The minimum absolute atomic E-state index is 0.00303. The molecule has 0 spiro atoms. The summed E-state index contributed by atoms with van der Waals surface area (Å²) in [4.78, 5) is 11.2. The molecule has 5 nitrogen and oxygen atoms in total. The van der Waals surface area contributed by atoms with Gasteiger partial charge in [-0.1, -0.05) is 17.7 Å². The molecule has 0 aliphatic heterocycles. The van der Waals surface area contributed by atoms with Crippen LogP contribution in [0.4, 0.5) is 4.39 Å². The van der Waals surface area contributed by atoms with Gasteiger partial charge in [0.2, 0.25) is 5.67 Å². The molecule has 0 saturated carbocycles. The van der Waals surface area contributed by atoms with Crippen molar-refractivity contribution in [2.24, 2.45) is 0 Å². The van der Waals surface area contributed by atoms with Gasteiger partial charge in [0.25, 0.3) is 10.1 Å². The summed E-state index contributed by atoms with van der Waals surface area (Å²) < 4.78 is 46.7. The molecular formula is C13H17FO5S. The third-order valence-electron chi connectivity index (χ3n) is 2.50. The molecule has 0 aromatic heterocycles. The molecule has 0 aliphatic carbocycles. The molecule has 0 aliphatic rings. The molecule has 0 saturated heterocycles. The number of esters is 1. The maximum absolute atomic E-state index is 13.9. The number of halogens is 1. The zero-order chi connectivity index (χ0) is 15.4. The van der Waals surface area contributed by atoms with Crippen LogP contribution in [0.5, 0.6) is 0 Å². The zero-order valence-corrected chi connectivity index (χ0v) is 12.4. The van der Waals surface area contributed by atoms with Gasteiger partial charge in [-0.05, 0) is 32.9 Å². The van der Waals surface area contributed by atoms with Crippen LogP contribution in [-0.4, -0.2) is 33.3 Å². The second kappa shape index (κ2) is 6.32. The van der Waals surface area contributed by atoms with Gasteiger partial charge in [-0.25, -0.2) is 9.18 Å². The molecule has 0 N–H and O–H groups in total. The Morgan fingerprint density at radius 1 is 1.30 bits per heavy atom. The fourth-order valence-corrected chi connectivity index (χ4v) is 2.28. The van der Waals surface area contributed by atoms with Crippen molar-refractivity contribution in [2.45, 2.75) is 31.3 Å². The minimum Gasteiger partial charge on any atom is -0.464 e. The highest BCUT2D eigenvalue weighted by molar-refractivity contribution is 7.86. The van der Waals surface area contributed by atoms with Gasteiger partial charge in [0, 0.05) is 0 Å². The monoisotopic (exact) mass is 304 g/mol. The minimum atomic E-state index is -4.11. The van der Waals surface area contributed by atoms with Crippen LogP contribution >= 0.6 is 0 Å². The molecule has 0 bridgehead atoms. The van der Waals surface area contributed by atoms with E-state index in [2.05, 4.69) is 8.92 Å². The van der Waals surface area contributed by atoms with E-state index in [4.69, 9.17) is 0 Å². The normalized spacial score (nSPS) is 14.6. The largest absolute Gasteiger partial charge is 0.464 e. The first-order valence-corrected chi connectivity index (χ1v) is 7.42. The molecule has 7 heteroatoms. The van der Waals surface area contributed by atoms with E-state index in [0.717, 1.165) is 12.5 Å². The second-order valence-corrected chi connectivity index (χ2v) is 6.06. The van der Waals surface area contributed by atoms with E-state index in [1.165, 1.54) is 19.1 Å². The van der Waals surface area contributed by atoms with E-state index in [1.54, 1.807) is 19.1 Å². The first-order valence-electron chi connectivity index (χ1n) is 6.01. The number of rotatable bonds is 6. The summed E-state index contributed by atoms with van der Waals surface area (Å²) in [5, 5.41) is 0. The van der Waals surface area contributed by atoms with Crippen LogP contribution in [0.25, 0.3) is 0 Å². The van der Waals surface area contributed by atoms with Crippen LogP contribution in [0.2, 0.25) is 0 Å². The van der Waals surface area contributed by atoms with Gasteiger partial charge in [0.05, 0.1) is 11.5 Å². The molecule has 1 aromatic rings. The Labute approximate surface area is 117 Å². The van der Waals surface area contributed by atoms with Crippen LogP contribution in [-0.2, 0) is 23.8 Å². The topological polar surface area (TPSA) is 69.7 Å². The van der Waals surface area contributed by atoms with Crippen molar-refractivity contribution in [1.29, 1.82) is 0 Å². The van der Waals surface area contributed by atoms with Gasteiger partial charge in [-0.3, -0.25) is 4.18 Å². The second-order valence-electron chi connectivity index (χ2n) is 4.45.